The van der Waals surface area contributed by atoms with Crippen LogP contribution in [-0.2, 0) is 11.4 Å². The van der Waals surface area contributed by atoms with E-state index in [4.69, 9.17) is 4.74 Å². The number of halogens is 2. The van der Waals surface area contributed by atoms with Gasteiger partial charge in [-0.25, -0.2) is 0 Å². The first-order valence-corrected chi connectivity index (χ1v) is 13.2. The fourth-order valence-electron chi connectivity index (χ4n) is 4.08. The van der Waals surface area contributed by atoms with Gasteiger partial charge in [0.25, 0.3) is 11.1 Å². The zero-order valence-electron chi connectivity index (χ0n) is 17.9. The standard InChI is InChI=1S/C25H25Br2NO3S/c1-16-7-9-18(10-8-16)15-31-23-20(26)11-19(12-21(23)27)13-22-24(29)28(25(30)32-22)14-17-5-3-2-4-6-17/h7-13,17H,2-6,14-15H2,1H3/b22-13+. The number of ether oxygens (including phenoxy) is 1. The molecule has 4 nitrogen and oxygen atoms in total. The summed E-state index contributed by atoms with van der Waals surface area (Å²) in [7, 11) is 0. The Hall–Kier alpha value is -1.57. The van der Waals surface area contributed by atoms with Crippen LogP contribution in [0, 0.1) is 12.8 Å². The fourth-order valence-corrected chi connectivity index (χ4v) is 6.38. The van der Waals surface area contributed by atoms with E-state index in [0.29, 0.717) is 29.7 Å². The zero-order chi connectivity index (χ0) is 22.7. The average molecular weight is 579 g/mol. The summed E-state index contributed by atoms with van der Waals surface area (Å²) >= 11 is 8.19. The second-order valence-electron chi connectivity index (χ2n) is 8.38. The van der Waals surface area contributed by atoms with Crippen LogP contribution in [0.5, 0.6) is 5.75 Å². The molecule has 0 unspecified atom stereocenters. The third-order valence-corrected chi connectivity index (χ3v) is 7.95. The molecule has 0 radical (unpaired) electrons. The van der Waals surface area contributed by atoms with Crippen LogP contribution in [-0.4, -0.2) is 22.6 Å². The van der Waals surface area contributed by atoms with Gasteiger partial charge >= 0.3 is 0 Å². The van der Waals surface area contributed by atoms with Gasteiger partial charge in [-0.05, 0) is 98.6 Å². The Morgan fingerprint density at radius 2 is 1.72 bits per heavy atom. The van der Waals surface area contributed by atoms with Gasteiger partial charge in [-0.3, -0.25) is 14.5 Å². The molecular weight excluding hydrogens is 554 g/mol. The quantitative estimate of drug-likeness (QED) is 0.329. The van der Waals surface area contributed by atoms with Crippen molar-refractivity contribution in [1.29, 1.82) is 0 Å². The highest BCUT2D eigenvalue weighted by Gasteiger charge is 2.36. The summed E-state index contributed by atoms with van der Waals surface area (Å²) in [5.74, 6) is 0.954. The zero-order valence-corrected chi connectivity index (χ0v) is 21.9. The molecule has 0 N–H and O–H groups in total. The SMILES string of the molecule is Cc1ccc(COc2c(Br)cc(/C=C3/SC(=O)N(CC4CCCCC4)C3=O)cc2Br)cc1. The lowest BCUT2D eigenvalue weighted by molar-refractivity contribution is -0.123. The van der Waals surface area contributed by atoms with Crippen molar-refractivity contribution in [3.8, 4) is 5.75 Å². The van der Waals surface area contributed by atoms with Crippen molar-refractivity contribution in [1.82, 2.24) is 4.90 Å². The molecule has 2 aromatic carbocycles. The van der Waals surface area contributed by atoms with E-state index in [1.807, 2.05) is 12.1 Å². The number of carbonyl (C=O) groups is 2. The van der Waals surface area contributed by atoms with Gasteiger partial charge in [0.2, 0.25) is 0 Å². The lowest BCUT2D eigenvalue weighted by Gasteiger charge is -2.25. The number of benzene rings is 2. The summed E-state index contributed by atoms with van der Waals surface area (Å²) < 4.78 is 7.58. The molecule has 1 saturated heterocycles. The molecule has 0 spiro atoms. The number of carbonyl (C=O) groups excluding carboxylic acids is 2. The molecule has 1 heterocycles. The molecule has 7 heteroatoms. The van der Waals surface area contributed by atoms with E-state index in [2.05, 4.69) is 63.0 Å². The molecule has 168 valence electrons. The van der Waals surface area contributed by atoms with Gasteiger partial charge < -0.3 is 4.74 Å². The number of nitrogens with zero attached hydrogens (tertiary/aromatic N) is 1. The van der Waals surface area contributed by atoms with Crippen molar-refractivity contribution in [3.63, 3.8) is 0 Å². The lowest BCUT2D eigenvalue weighted by Crippen LogP contribution is -2.34. The van der Waals surface area contributed by atoms with Crippen LogP contribution in [0.3, 0.4) is 0 Å². The van der Waals surface area contributed by atoms with Crippen LogP contribution in [0.15, 0.2) is 50.2 Å². The van der Waals surface area contributed by atoms with Crippen LogP contribution >= 0.6 is 43.6 Å². The number of rotatable bonds is 6. The molecule has 4 rings (SSSR count). The Balaban J connectivity index is 1.45. The van der Waals surface area contributed by atoms with Crippen LogP contribution in [0.1, 0.15) is 48.8 Å². The molecule has 0 atom stereocenters. The maximum atomic E-state index is 12.9. The Morgan fingerprint density at radius 1 is 1.06 bits per heavy atom. The van der Waals surface area contributed by atoms with E-state index < -0.39 is 0 Å². The van der Waals surface area contributed by atoms with Crippen molar-refractivity contribution in [3.05, 3.63) is 66.9 Å². The largest absolute Gasteiger partial charge is 0.487 e. The molecule has 2 aromatic rings. The fraction of sp³-hybridized carbons (Fsp3) is 0.360. The number of hydrogen-bond donors (Lipinski definition) is 0. The van der Waals surface area contributed by atoms with E-state index in [0.717, 1.165) is 44.7 Å². The molecule has 32 heavy (non-hydrogen) atoms. The topological polar surface area (TPSA) is 46.6 Å². The van der Waals surface area contributed by atoms with Gasteiger partial charge in [-0.1, -0.05) is 49.1 Å². The molecule has 1 aliphatic carbocycles. The maximum Gasteiger partial charge on any atom is 0.293 e. The third kappa shape index (κ3) is 5.67. The van der Waals surface area contributed by atoms with Gasteiger partial charge in [0, 0.05) is 6.54 Å². The summed E-state index contributed by atoms with van der Waals surface area (Å²) in [6, 6.07) is 12.0. The number of amides is 2. The second kappa shape index (κ2) is 10.6. The molecule has 0 bridgehead atoms. The monoisotopic (exact) mass is 577 g/mol. The summed E-state index contributed by atoms with van der Waals surface area (Å²) in [5, 5.41) is -0.164. The first-order chi connectivity index (χ1) is 15.4. The van der Waals surface area contributed by atoms with E-state index in [9.17, 15) is 9.59 Å². The Labute approximate surface area is 210 Å². The van der Waals surface area contributed by atoms with Crippen molar-refractivity contribution in [2.45, 2.75) is 45.6 Å². The normalized spacial score (nSPS) is 18.6. The average Bonchev–Trinajstić information content (AvgIpc) is 3.02. The minimum atomic E-state index is -0.183. The summed E-state index contributed by atoms with van der Waals surface area (Å²) in [5.41, 5.74) is 3.13. The van der Waals surface area contributed by atoms with Crippen LogP contribution in [0.25, 0.3) is 6.08 Å². The Kier molecular flexibility index (Phi) is 7.79. The summed E-state index contributed by atoms with van der Waals surface area (Å²) in [6.45, 7) is 3.05. The third-order valence-electron chi connectivity index (χ3n) is 5.86. The number of hydrogen-bond acceptors (Lipinski definition) is 4. The maximum absolute atomic E-state index is 12.9. The second-order valence-corrected chi connectivity index (χ2v) is 11.1. The highest BCUT2D eigenvalue weighted by Crippen LogP contribution is 2.39. The first-order valence-electron chi connectivity index (χ1n) is 10.8. The van der Waals surface area contributed by atoms with E-state index in [-0.39, 0.29) is 11.1 Å². The van der Waals surface area contributed by atoms with Crippen molar-refractivity contribution < 1.29 is 14.3 Å². The molecule has 1 saturated carbocycles. The van der Waals surface area contributed by atoms with Gasteiger partial charge in [-0.2, -0.15) is 0 Å². The lowest BCUT2D eigenvalue weighted by atomic mass is 9.89. The van der Waals surface area contributed by atoms with Gasteiger partial charge in [0.1, 0.15) is 12.4 Å². The van der Waals surface area contributed by atoms with E-state index >= 15 is 0 Å². The van der Waals surface area contributed by atoms with Crippen molar-refractivity contribution >= 4 is 60.8 Å². The minimum Gasteiger partial charge on any atom is -0.487 e. The van der Waals surface area contributed by atoms with Crippen molar-refractivity contribution in [2.75, 3.05) is 6.54 Å². The smallest absolute Gasteiger partial charge is 0.293 e. The molecular formula is C25H25Br2NO3S. The van der Waals surface area contributed by atoms with Gasteiger partial charge in [-0.15, -0.1) is 0 Å². The molecule has 2 fully saturated rings. The number of thioether (sulfide) groups is 1. The molecule has 0 aromatic heterocycles. The molecule has 2 aliphatic rings. The summed E-state index contributed by atoms with van der Waals surface area (Å²) in [4.78, 5) is 27.3. The van der Waals surface area contributed by atoms with Crippen LogP contribution in [0.2, 0.25) is 0 Å². The predicted octanol–water partition coefficient (Wildman–Crippen LogP) is 7.72. The van der Waals surface area contributed by atoms with Crippen LogP contribution in [0.4, 0.5) is 4.79 Å². The highest BCUT2D eigenvalue weighted by atomic mass is 79.9. The Bertz CT molecular complexity index is 1020. The molecule has 1 aliphatic heterocycles. The minimum absolute atomic E-state index is 0.164. The van der Waals surface area contributed by atoms with E-state index in [1.165, 1.54) is 29.7 Å². The highest BCUT2D eigenvalue weighted by molar-refractivity contribution is 9.11. The number of aryl methyl sites for hydroxylation is 1. The van der Waals surface area contributed by atoms with Gasteiger partial charge in [0.05, 0.1) is 13.9 Å². The predicted molar refractivity (Wildman–Crippen MR) is 137 cm³/mol. The van der Waals surface area contributed by atoms with Crippen molar-refractivity contribution in [2.24, 2.45) is 5.92 Å². The van der Waals surface area contributed by atoms with E-state index in [1.54, 1.807) is 6.08 Å². The Morgan fingerprint density at radius 3 is 2.38 bits per heavy atom. The summed E-state index contributed by atoms with van der Waals surface area (Å²) in [6.07, 6.45) is 7.63. The number of imide groups is 1. The van der Waals surface area contributed by atoms with Crippen LogP contribution < -0.4 is 4.74 Å². The molecule has 2 amide bonds. The first kappa shape index (κ1) is 23.6. The van der Waals surface area contributed by atoms with Gasteiger partial charge in [0.15, 0.2) is 0 Å².